The van der Waals surface area contributed by atoms with Crippen molar-refractivity contribution < 1.29 is 24.0 Å². The highest BCUT2D eigenvalue weighted by atomic mass is 16.5. The molecule has 1 atom stereocenters. The maximum atomic E-state index is 12.5. The van der Waals surface area contributed by atoms with E-state index in [-0.39, 0.29) is 30.1 Å². The Morgan fingerprint density at radius 2 is 2.00 bits per heavy atom. The number of rotatable bonds is 6. The van der Waals surface area contributed by atoms with E-state index in [1.54, 1.807) is 0 Å². The fourth-order valence-corrected chi connectivity index (χ4v) is 1.83. The first-order valence-corrected chi connectivity index (χ1v) is 7.29. The van der Waals surface area contributed by atoms with E-state index < -0.39 is 17.9 Å². The lowest BCUT2D eigenvalue weighted by atomic mass is 9.93. The Labute approximate surface area is 134 Å². The number of amides is 2. The summed E-state index contributed by atoms with van der Waals surface area (Å²) in [5, 5.41) is 15.4. The SMILES string of the molecule is CC(=O)NCCN(C(=O)c1cc(C(C)(C)C)on1)C(C)C(=O)O. The summed E-state index contributed by atoms with van der Waals surface area (Å²) in [5.41, 5.74) is -0.267. The Morgan fingerprint density at radius 3 is 2.43 bits per heavy atom. The number of carboxylic acid groups (broad SMARTS) is 1. The summed E-state index contributed by atoms with van der Waals surface area (Å²) in [6.07, 6.45) is 0. The highest BCUT2D eigenvalue weighted by molar-refractivity contribution is 5.95. The predicted octanol–water partition coefficient (Wildman–Crippen LogP) is 1.02. The third kappa shape index (κ3) is 5.08. The molecule has 1 aromatic heterocycles. The van der Waals surface area contributed by atoms with E-state index in [9.17, 15) is 14.4 Å². The normalized spacial score (nSPS) is 12.6. The molecule has 0 saturated heterocycles. The molecule has 0 fully saturated rings. The number of carbonyl (C=O) groups is 3. The van der Waals surface area contributed by atoms with E-state index in [4.69, 9.17) is 9.63 Å². The van der Waals surface area contributed by atoms with Gasteiger partial charge in [-0.15, -0.1) is 0 Å². The number of aliphatic carboxylic acids is 1. The van der Waals surface area contributed by atoms with Gasteiger partial charge in [0.2, 0.25) is 5.91 Å². The van der Waals surface area contributed by atoms with Crippen LogP contribution in [0.5, 0.6) is 0 Å². The Balaban J connectivity index is 2.96. The van der Waals surface area contributed by atoms with Crippen LogP contribution in [0, 0.1) is 0 Å². The molecule has 0 radical (unpaired) electrons. The van der Waals surface area contributed by atoms with Crippen LogP contribution < -0.4 is 5.32 Å². The zero-order valence-corrected chi connectivity index (χ0v) is 14.0. The molecule has 0 aliphatic heterocycles. The molecule has 0 aliphatic rings. The minimum absolute atomic E-state index is 0.0471. The first kappa shape index (κ1) is 18.7. The van der Waals surface area contributed by atoms with Gasteiger partial charge in [-0.1, -0.05) is 25.9 Å². The Morgan fingerprint density at radius 1 is 1.39 bits per heavy atom. The lowest BCUT2D eigenvalue weighted by Gasteiger charge is -2.25. The summed E-state index contributed by atoms with van der Waals surface area (Å²) in [5.74, 6) is -1.41. The first-order chi connectivity index (χ1) is 10.5. The molecule has 8 nitrogen and oxygen atoms in total. The molecule has 128 valence electrons. The quantitative estimate of drug-likeness (QED) is 0.807. The second-order valence-electron chi connectivity index (χ2n) is 6.32. The highest BCUT2D eigenvalue weighted by Gasteiger charge is 2.30. The summed E-state index contributed by atoms with van der Waals surface area (Å²) in [7, 11) is 0. The molecule has 1 unspecified atom stereocenters. The minimum Gasteiger partial charge on any atom is -0.480 e. The smallest absolute Gasteiger partial charge is 0.326 e. The van der Waals surface area contributed by atoms with Crippen molar-refractivity contribution in [2.75, 3.05) is 13.1 Å². The molecule has 1 rings (SSSR count). The number of hydrogen-bond donors (Lipinski definition) is 2. The van der Waals surface area contributed by atoms with E-state index in [0.717, 1.165) is 4.90 Å². The predicted molar refractivity (Wildman–Crippen MR) is 82.0 cm³/mol. The Hall–Kier alpha value is -2.38. The number of nitrogens with zero attached hydrogens (tertiary/aromatic N) is 2. The van der Waals surface area contributed by atoms with Gasteiger partial charge in [-0.2, -0.15) is 0 Å². The number of nitrogens with one attached hydrogen (secondary N) is 1. The maximum Gasteiger partial charge on any atom is 0.326 e. The summed E-state index contributed by atoms with van der Waals surface area (Å²) in [6.45, 7) is 8.70. The van der Waals surface area contributed by atoms with Gasteiger partial charge in [0.05, 0.1) is 0 Å². The number of carboxylic acids is 1. The topological polar surface area (TPSA) is 113 Å². The molecule has 0 bridgehead atoms. The zero-order chi connectivity index (χ0) is 17.8. The van der Waals surface area contributed by atoms with Crippen molar-refractivity contribution in [3.63, 3.8) is 0 Å². The molecule has 1 aromatic rings. The number of carbonyl (C=O) groups excluding carboxylic acids is 2. The number of hydrogen-bond acceptors (Lipinski definition) is 5. The summed E-state index contributed by atoms with van der Waals surface area (Å²) in [4.78, 5) is 35.8. The van der Waals surface area contributed by atoms with Crippen molar-refractivity contribution in [1.29, 1.82) is 0 Å². The van der Waals surface area contributed by atoms with E-state index in [0.29, 0.717) is 5.76 Å². The standard InChI is InChI=1S/C15H23N3O5/c1-9(14(21)22)18(7-6-16-10(2)19)13(20)11-8-12(23-17-11)15(3,4)5/h8-9H,6-7H2,1-5H3,(H,16,19)(H,21,22). The Bertz CT molecular complexity index is 588. The molecular weight excluding hydrogens is 302 g/mol. The summed E-state index contributed by atoms with van der Waals surface area (Å²) >= 11 is 0. The van der Waals surface area contributed by atoms with E-state index >= 15 is 0 Å². The zero-order valence-electron chi connectivity index (χ0n) is 14.0. The second-order valence-corrected chi connectivity index (χ2v) is 6.32. The largest absolute Gasteiger partial charge is 0.480 e. The lowest BCUT2D eigenvalue weighted by molar-refractivity contribution is -0.141. The van der Waals surface area contributed by atoms with Crippen molar-refractivity contribution in [1.82, 2.24) is 15.4 Å². The average molecular weight is 325 g/mol. The van der Waals surface area contributed by atoms with Crippen LogP contribution >= 0.6 is 0 Å². The lowest BCUT2D eigenvalue weighted by Crippen LogP contribution is -2.46. The van der Waals surface area contributed by atoms with Crippen LogP contribution in [0.1, 0.15) is 50.9 Å². The monoisotopic (exact) mass is 325 g/mol. The van der Waals surface area contributed by atoms with Gasteiger partial charge < -0.3 is 19.8 Å². The van der Waals surface area contributed by atoms with Crippen LogP contribution in [0.4, 0.5) is 0 Å². The van der Waals surface area contributed by atoms with E-state index in [1.807, 2.05) is 20.8 Å². The molecule has 0 saturated carbocycles. The first-order valence-electron chi connectivity index (χ1n) is 7.29. The van der Waals surface area contributed by atoms with Crippen LogP contribution in [-0.4, -0.2) is 52.1 Å². The van der Waals surface area contributed by atoms with Gasteiger partial charge in [-0.25, -0.2) is 4.79 Å². The molecule has 1 heterocycles. The molecule has 2 amide bonds. The fourth-order valence-electron chi connectivity index (χ4n) is 1.83. The van der Waals surface area contributed by atoms with E-state index in [2.05, 4.69) is 10.5 Å². The van der Waals surface area contributed by atoms with Crippen LogP contribution in [0.2, 0.25) is 0 Å². The molecule has 2 N–H and O–H groups in total. The number of aromatic nitrogens is 1. The summed E-state index contributed by atoms with van der Waals surface area (Å²) in [6, 6.07) is 0.466. The van der Waals surface area contributed by atoms with Crippen molar-refractivity contribution in [3.05, 3.63) is 17.5 Å². The highest BCUT2D eigenvalue weighted by Crippen LogP contribution is 2.23. The van der Waals surface area contributed by atoms with Crippen molar-refractivity contribution in [2.45, 2.75) is 46.1 Å². The molecule has 0 spiro atoms. The van der Waals surface area contributed by atoms with Gasteiger partial charge >= 0.3 is 5.97 Å². The third-order valence-corrected chi connectivity index (χ3v) is 3.28. The van der Waals surface area contributed by atoms with Gasteiger partial charge in [0.1, 0.15) is 11.8 Å². The molecule has 8 heteroatoms. The molecule has 23 heavy (non-hydrogen) atoms. The second kappa shape index (κ2) is 7.26. The van der Waals surface area contributed by atoms with Crippen molar-refractivity contribution >= 4 is 17.8 Å². The fraction of sp³-hybridized carbons (Fsp3) is 0.600. The van der Waals surface area contributed by atoms with Crippen LogP contribution in [-0.2, 0) is 15.0 Å². The molecule has 0 aliphatic carbocycles. The van der Waals surface area contributed by atoms with Gasteiger partial charge in [-0.3, -0.25) is 9.59 Å². The van der Waals surface area contributed by atoms with Gasteiger partial charge in [0.15, 0.2) is 5.69 Å². The van der Waals surface area contributed by atoms with Gasteiger partial charge in [0.25, 0.3) is 5.91 Å². The Kier molecular flexibility index (Phi) is 5.89. The third-order valence-electron chi connectivity index (χ3n) is 3.28. The van der Waals surface area contributed by atoms with Crippen LogP contribution in [0.3, 0.4) is 0 Å². The van der Waals surface area contributed by atoms with Gasteiger partial charge in [-0.05, 0) is 6.92 Å². The maximum absolute atomic E-state index is 12.5. The average Bonchev–Trinajstić information content (AvgIpc) is 2.91. The summed E-state index contributed by atoms with van der Waals surface area (Å²) < 4.78 is 5.17. The van der Waals surface area contributed by atoms with Crippen LogP contribution in [0.25, 0.3) is 0 Å². The minimum atomic E-state index is -1.14. The molecular formula is C15H23N3O5. The van der Waals surface area contributed by atoms with E-state index in [1.165, 1.54) is 19.9 Å². The van der Waals surface area contributed by atoms with Crippen LogP contribution in [0.15, 0.2) is 10.6 Å². The van der Waals surface area contributed by atoms with Gasteiger partial charge in [0, 0.05) is 31.5 Å². The van der Waals surface area contributed by atoms with Crippen molar-refractivity contribution in [3.8, 4) is 0 Å². The van der Waals surface area contributed by atoms with Crippen molar-refractivity contribution in [2.24, 2.45) is 0 Å². The molecule has 0 aromatic carbocycles.